The quantitative estimate of drug-likeness (QED) is 0.817. The molecule has 0 saturated carbocycles. The molecule has 1 aliphatic rings. The van der Waals surface area contributed by atoms with Gasteiger partial charge in [0, 0.05) is 19.2 Å². The molecule has 2 N–H and O–H groups in total. The number of hydrogen-bond acceptors (Lipinski definition) is 5. The molecular weight excluding hydrogens is 312 g/mol. The molecule has 1 aromatic carbocycles. The highest BCUT2D eigenvalue weighted by Gasteiger charge is 2.15. The van der Waals surface area contributed by atoms with Crippen LogP contribution in [0, 0.1) is 0 Å². The Bertz CT molecular complexity index is 630. The zero-order chi connectivity index (χ0) is 15.9. The highest BCUT2D eigenvalue weighted by atomic mass is 32.1. The van der Waals surface area contributed by atoms with Gasteiger partial charge in [-0.2, -0.15) is 0 Å². The molecule has 7 heteroatoms. The number of para-hydroxylation sites is 1. The molecule has 1 fully saturated rings. The molecule has 3 rings (SSSR count). The Kier molecular flexibility index (Phi) is 5.33. The van der Waals surface area contributed by atoms with Crippen LogP contribution in [0.2, 0.25) is 0 Å². The van der Waals surface area contributed by atoms with Gasteiger partial charge in [-0.15, -0.1) is 10.2 Å². The molecule has 23 heavy (non-hydrogen) atoms. The zero-order valence-corrected chi connectivity index (χ0v) is 13.4. The number of aromatic nitrogens is 2. The molecule has 0 unspecified atom stereocenters. The van der Waals surface area contributed by atoms with Gasteiger partial charge in [-0.3, -0.25) is 0 Å². The van der Waals surface area contributed by atoms with Crippen LogP contribution in [0.5, 0.6) is 11.6 Å². The normalized spacial score (nSPS) is 16.8. The third-order valence-corrected chi connectivity index (χ3v) is 3.61. The molecule has 0 radical (unpaired) electrons. The highest BCUT2D eigenvalue weighted by molar-refractivity contribution is 7.80. The van der Waals surface area contributed by atoms with Crippen molar-refractivity contribution in [1.82, 2.24) is 15.5 Å². The summed E-state index contributed by atoms with van der Waals surface area (Å²) in [6.07, 6.45) is 2.42. The fourth-order valence-electron chi connectivity index (χ4n) is 2.22. The first-order valence-electron chi connectivity index (χ1n) is 7.53. The lowest BCUT2D eigenvalue weighted by molar-refractivity contribution is 0.114. The van der Waals surface area contributed by atoms with Gasteiger partial charge in [0.1, 0.15) is 5.75 Å². The van der Waals surface area contributed by atoms with E-state index < -0.39 is 0 Å². The maximum absolute atomic E-state index is 5.59. The van der Waals surface area contributed by atoms with E-state index in [1.807, 2.05) is 30.3 Å². The van der Waals surface area contributed by atoms with Crippen molar-refractivity contribution in [3.63, 3.8) is 0 Å². The van der Waals surface area contributed by atoms with E-state index >= 15 is 0 Å². The van der Waals surface area contributed by atoms with Gasteiger partial charge in [0.15, 0.2) is 10.9 Å². The maximum Gasteiger partial charge on any atom is 0.238 e. The van der Waals surface area contributed by atoms with Gasteiger partial charge >= 0.3 is 0 Å². The third-order valence-electron chi connectivity index (χ3n) is 3.36. The number of benzene rings is 1. The van der Waals surface area contributed by atoms with Crippen molar-refractivity contribution in [3.05, 3.63) is 42.5 Å². The Morgan fingerprint density at radius 2 is 2.09 bits per heavy atom. The van der Waals surface area contributed by atoms with Crippen LogP contribution in [0.15, 0.2) is 42.5 Å². The van der Waals surface area contributed by atoms with Crippen LogP contribution >= 0.6 is 12.2 Å². The summed E-state index contributed by atoms with van der Waals surface area (Å²) in [5.41, 5.74) is 0. The topological polar surface area (TPSA) is 68.3 Å². The smallest absolute Gasteiger partial charge is 0.238 e. The van der Waals surface area contributed by atoms with E-state index in [1.54, 1.807) is 12.1 Å². The van der Waals surface area contributed by atoms with Gasteiger partial charge in [0.2, 0.25) is 5.88 Å². The summed E-state index contributed by atoms with van der Waals surface area (Å²) in [6, 6.07) is 13.0. The average molecular weight is 330 g/mol. The molecular formula is C16H18N4O2S. The molecule has 0 bridgehead atoms. The Labute approximate surface area is 140 Å². The third kappa shape index (κ3) is 4.87. The number of hydrogen-bond donors (Lipinski definition) is 2. The van der Waals surface area contributed by atoms with E-state index in [9.17, 15) is 0 Å². The fraction of sp³-hybridized carbons (Fsp3) is 0.312. The van der Waals surface area contributed by atoms with Crippen LogP contribution in [0.1, 0.15) is 12.8 Å². The summed E-state index contributed by atoms with van der Waals surface area (Å²) < 4.78 is 11.1. The van der Waals surface area contributed by atoms with Crippen molar-refractivity contribution < 1.29 is 9.47 Å². The molecule has 2 aromatic rings. The molecule has 1 aliphatic heterocycles. The van der Waals surface area contributed by atoms with Crippen molar-refractivity contribution in [1.29, 1.82) is 0 Å². The van der Waals surface area contributed by atoms with E-state index in [2.05, 4.69) is 20.8 Å². The summed E-state index contributed by atoms with van der Waals surface area (Å²) in [4.78, 5) is 0. The van der Waals surface area contributed by atoms with Crippen molar-refractivity contribution in [2.24, 2.45) is 0 Å². The molecule has 1 aromatic heterocycles. The Balaban J connectivity index is 1.47. The largest absolute Gasteiger partial charge is 0.438 e. The minimum atomic E-state index is 0.238. The number of thiocarbonyl (C=S) groups is 1. The van der Waals surface area contributed by atoms with E-state index in [0.29, 0.717) is 23.4 Å². The SMILES string of the molecule is S=C(NC[C@@H]1CCCO1)Nc1ccc(Oc2ccccc2)nn1. The predicted octanol–water partition coefficient (Wildman–Crippen LogP) is 2.73. The Hall–Kier alpha value is -2.25. The second-order valence-corrected chi connectivity index (χ2v) is 5.55. The van der Waals surface area contributed by atoms with Crippen molar-refractivity contribution in [2.75, 3.05) is 18.5 Å². The van der Waals surface area contributed by atoms with Gasteiger partial charge in [-0.05, 0) is 43.3 Å². The first-order chi connectivity index (χ1) is 11.3. The predicted molar refractivity (Wildman–Crippen MR) is 91.7 cm³/mol. The van der Waals surface area contributed by atoms with Gasteiger partial charge in [-0.1, -0.05) is 18.2 Å². The average Bonchev–Trinajstić information content (AvgIpc) is 3.09. The second kappa shape index (κ2) is 7.85. The van der Waals surface area contributed by atoms with Crippen molar-refractivity contribution in [2.45, 2.75) is 18.9 Å². The van der Waals surface area contributed by atoms with E-state index in [4.69, 9.17) is 21.7 Å². The summed E-state index contributed by atoms with van der Waals surface area (Å²) >= 11 is 5.23. The summed E-state index contributed by atoms with van der Waals surface area (Å²) in [5, 5.41) is 14.7. The molecule has 1 saturated heterocycles. The van der Waals surface area contributed by atoms with E-state index in [0.717, 1.165) is 25.2 Å². The summed E-state index contributed by atoms with van der Waals surface area (Å²) in [7, 11) is 0. The molecule has 1 atom stereocenters. The Morgan fingerprint density at radius 3 is 2.78 bits per heavy atom. The summed E-state index contributed by atoms with van der Waals surface area (Å²) in [5.74, 6) is 1.71. The fourth-order valence-corrected chi connectivity index (χ4v) is 2.41. The molecule has 2 heterocycles. The van der Waals surface area contributed by atoms with Crippen LogP contribution in [-0.4, -0.2) is 34.6 Å². The number of rotatable bonds is 5. The monoisotopic (exact) mass is 330 g/mol. The Morgan fingerprint density at radius 1 is 1.22 bits per heavy atom. The standard InChI is InChI=1S/C16H18N4O2S/c23-16(17-11-13-7-4-10-21-13)18-14-8-9-15(20-19-14)22-12-5-2-1-3-6-12/h1-3,5-6,8-9,13H,4,7,10-11H2,(H2,17,18,19,23)/t13-/m0/s1. The minimum absolute atomic E-state index is 0.238. The van der Waals surface area contributed by atoms with Crippen LogP contribution in [0.25, 0.3) is 0 Å². The number of nitrogens with zero attached hydrogens (tertiary/aromatic N) is 2. The molecule has 0 aliphatic carbocycles. The van der Waals surface area contributed by atoms with Crippen LogP contribution in [0.4, 0.5) is 5.82 Å². The summed E-state index contributed by atoms with van der Waals surface area (Å²) in [6.45, 7) is 1.54. The van der Waals surface area contributed by atoms with Crippen molar-refractivity contribution in [3.8, 4) is 11.6 Å². The van der Waals surface area contributed by atoms with E-state index in [-0.39, 0.29) is 6.10 Å². The lowest BCUT2D eigenvalue weighted by Gasteiger charge is -2.13. The number of anilines is 1. The highest BCUT2D eigenvalue weighted by Crippen LogP contribution is 2.18. The molecule has 6 nitrogen and oxygen atoms in total. The lowest BCUT2D eigenvalue weighted by Crippen LogP contribution is -2.35. The van der Waals surface area contributed by atoms with Crippen LogP contribution in [0.3, 0.4) is 0 Å². The zero-order valence-electron chi connectivity index (χ0n) is 12.6. The van der Waals surface area contributed by atoms with Gasteiger partial charge in [-0.25, -0.2) is 0 Å². The maximum atomic E-state index is 5.59. The molecule has 120 valence electrons. The van der Waals surface area contributed by atoms with Gasteiger partial charge < -0.3 is 20.1 Å². The van der Waals surface area contributed by atoms with E-state index in [1.165, 1.54) is 0 Å². The van der Waals surface area contributed by atoms with Gasteiger partial charge in [0.05, 0.1) is 6.10 Å². The second-order valence-electron chi connectivity index (χ2n) is 5.14. The number of ether oxygens (including phenoxy) is 2. The lowest BCUT2D eigenvalue weighted by atomic mass is 10.2. The van der Waals surface area contributed by atoms with Gasteiger partial charge in [0.25, 0.3) is 0 Å². The van der Waals surface area contributed by atoms with Crippen LogP contribution in [-0.2, 0) is 4.74 Å². The van der Waals surface area contributed by atoms with Crippen LogP contribution < -0.4 is 15.4 Å². The number of nitrogens with one attached hydrogen (secondary N) is 2. The molecule has 0 spiro atoms. The first-order valence-corrected chi connectivity index (χ1v) is 7.93. The first kappa shape index (κ1) is 15.6. The van der Waals surface area contributed by atoms with Crippen molar-refractivity contribution >= 4 is 23.1 Å². The molecule has 0 amide bonds. The minimum Gasteiger partial charge on any atom is -0.438 e.